The molecule has 4 rings (SSSR count). The van der Waals surface area contributed by atoms with Crippen molar-refractivity contribution in [2.45, 2.75) is 6.61 Å². The van der Waals surface area contributed by atoms with Gasteiger partial charge in [0.1, 0.15) is 41.4 Å². The lowest BCUT2D eigenvalue weighted by molar-refractivity contribution is 0.306. The average Bonchev–Trinajstić information content (AvgIpc) is 2.83. The molecule has 0 unspecified atom stereocenters. The van der Waals surface area contributed by atoms with Crippen molar-refractivity contribution < 1.29 is 13.9 Å². The molecule has 0 aliphatic heterocycles. The maximum atomic E-state index is 13.0. The van der Waals surface area contributed by atoms with Gasteiger partial charge in [0.15, 0.2) is 0 Å². The molecule has 4 aromatic rings. The molecule has 0 aliphatic carbocycles. The van der Waals surface area contributed by atoms with Crippen molar-refractivity contribution in [2.24, 2.45) is 0 Å². The Labute approximate surface area is 185 Å². The van der Waals surface area contributed by atoms with Gasteiger partial charge in [-0.1, -0.05) is 24.3 Å². The zero-order valence-electron chi connectivity index (χ0n) is 17.4. The number of methoxy groups -OCH3 is 1. The fraction of sp³-hybridized carbons (Fsp3) is 0.0769. The number of benzene rings is 3. The Balaban J connectivity index is 1.59. The molecule has 1 aromatic heterocycles. The summed E-state index contributed by atoms with van der Waals surface area (Å²) >= 11 is 0. The van der Waals surface area contributed by atoms with Gasteiger partial charge in [0.2, 0.25) is 0 Å². The molecule has 3 aromatic carbocycles. The second-order valence-corrected chi connectivity index (χ2v) is 7.10. The highest BCUT2D eigenvalue weighted by molar-refractivity contribution is 5.80. The van der Waals surface area contributed by atoms with Crippen LogP contribution in [-0.2, 0) is 6.61 Å². The van der Waals surface area contributed by atoms with Gasteiger partial charge in [0.05, 0.1) is 12.8 Å². The first kappa shape index (κ1) is 20.9. The number of hydrogen-bond donors (Lipinski definition) is 1. The molecule has 0 amide bonds. The van der Waals surface area contributed by atoms with Crippen molar-refractivity contribution >= 4 is 5.82 Å². The summed E-state index contributed by atoms with van der Waals surface area (Å²) in [5.41, 5.74) is 10.3. The van der Waals surface area contributed by atoms with Crippen LogP contribution in [-0.4, -0.2) is 12.1 Å². The van der Waals surface area contributed by atoms with Crippen LogP contribution in [0.2, 0.25) is 0 Å². The standard InChI is InChI=1S/C26H20FN3O2/c1-31-21-10-4-18(5-11-21)23-14-25(30-26(29)24(23)15-28)19-6-12-22(13-7-19)32-16-17-2-8-20(27)9-3-17/h2-14H,16H2,1H3,(H2,29,30). The largest absolute Gasteiger partial charge is 0.497 e. The smallest absolute Gasteiger partial charge is 0.142 e. The molecular formula is C26H20FN3O2. The van der Waals surface area contributed by atoms with Crippen LogP contribution in [0.15, 0.2) is 78.9 Å². The van der Waals surface area contributed by atoms with Gasteiger partial charge < -0.3 is 15.2 Å². The third-order valence-electron chi connectivity index (χ3n) is 5.03. The molecule has 0 saturated heterocycles. The van der Waals surface area contributed by atoms with Gasteiger partial charge in [-0.15, -0.1) is 0 Å². The Bertz CT molecular complexity index is 1260. The van der Waals surface area contributed by atoms with E-state index in [2.05, 4.69) is 11.1 Å². The molecule has 6 heteroatoms. The lowest BCUT2D eigenvalue weighted by atomic mass is 9.98. The second kappa shape index (κ2) is 9.19. The number of pyridine rings is 1. The zero-order valence-corrected chi connectivity index (χ0v) is 17.4. The quantitative estimate of drug-likeness (QED) is 0.435. The van der Waals surface area contributed by atoms with Gasteiger partial charge in [0.25, 0.3) is 0 Å². The van der Waals surface area contributed by atoms with Crippen LogP contribution < -0.4 is 15.2 Å². The molecule has 32 heavy (non-hydrogen) atoms. The van der Waals surface area contributed by atoms with E-state index in [0.29, 0.717) is 29.2 Å². The Kier molecular flexibility index (Phi) is 6.00. The summed E-state index contributed by atoms with van der Waals surface area (Å²) in [4.78, 5) is 4.42. The summed E-state index contributed by atoms with van der Waals surface area (Å²) in [7, 11) is 1.60. The van der Waals surface area contributed by atoms with Crippen molar-refractivity contribution in [3.8, 4) is 40.0 Å². The summed E-state index contributed by atoms with van der Waals surface area (Å²) in [6.45, 7) is 0.337. The third kappa shape index (κ3) is 4.52. The molecule has 0 radical (unpaired) electrons. The van der Waals surface area contributed by atoms with E-state index in [4.69, 9.17) is 15.2 Å². The zero-order chi connectivity index (χ0) is 22.5. The van der Waals surface area contributed by atoms with Crippen LogP contribution in [0, 0.1) is 17.1 Å². The van der Waals surface area contributed by atoms with Crippen molar-refractivity contribution in [3.05, 3.63) is 95.8 Å². The van der Waals surface area contributed by atoms with Crippen molar-refractivity contribution in [3.63, 3.8) is 0 Å². The fourth-order valence-corrected chi connectivity index (χ4v) is 3.30. The molecule has 1 heterocycles. The van der Waals surface area contributed by atoms with Crippen LogP contribution in [0.3, 0.4) is 0 Å². The van der Waals surface area contributed by atoms with Crippen LogP contribution >= 0.6 is 0 Å². The maximum Gasteiger partial charge on any atom is 0.142 e. The fourth-order valence-electron chi connectivity index (χ4n) is 3.30. The normalized spacial score (nSPS) is 10.4. The Morgan fingerprint density at radius 3 is 2.16 bits per heavy atom. The monoisotopic (exact) mass is 425 g/mol. The SMILES string of the molecule is COc1ccc(-c2cc(-c3ccc(OCc4ccc(F)cc4)cc3)nc(N)c2C#N)cc1. The predicted octanol–water partition coefficient (Wildman–Crippen LogP) is 5.60. The number of ether oxygens (including phenoxy) is 2. The lowest BCUT2D eigenvalue weighted by Crippen LogP contribution is -2.00. The number of anilines is 1. The van der Waals surface area contributed by atoms with E-state index in [0.717, 1.165) is 22.4 Å². The molecule has 0 bridgehead atoms. The summed E-state index contributed by atoms with van der Waals surface area (Å²) in [5.74, 6) is 1.30. The first-order valence-corrected chi connectivity index (χ1v) is 9.90. The minimum Gasteiger partial charge on any atom is -0.497 e. The minimum absolute atomic E-state index is 0.174. The topological polar surface area (TPSA) is 81.2 Å². The molecule has 0 aliphatic rings. The van der Waals surface area contributed by atoms with Crippen LogP contribution in [0.1, 0.15) is 11.1 Å². The predicted molar refractivity (Wildman–Crippen MR) is 122 cm³/mol. The van der Waals surface area contributed by atoms with Gasteiger partial charge in [-0.05, 0) is 65.7 Å². The highest BCUT2D eigenvalue weighted by Gasteiger charge is 2.14. The third-order valence-corrected chi connectivity index (χ3v) is 5.03. The maximum absolute atomic E-state index is 13.0. The number of rotatable bonds is 6. The number of hydrogen-bond acceptors (Lipinski definition) is 5. The second-order valence-electron chi connectivity index (χ2n) is 7.10. The Hall–Kier alpha value is -4.37. The highest BCUT2D eigenvalue weighted by Crippen LogP contribution is 2.32. The van der Waals surface area contributed by atoms with Crippen molar-refractivity contribution in [1.82, 2.24) is 4.98 Å². The molecule has 0 fully saturated rings. The number of halogens is 1. The number of aromatic nitrogens is 1. The number of nitriles is 1. The molecule has 0 spiro atoms. The Morgan fingerprint density at radius 2 is 1.53 bits per heavy atom. The van der Waals surface area contributed by atoms with E-state index in [1.807, 2.05) is 54.6 Å². The molecule has 5 nitrogen and oxygen atoms in total. The van der Waals surface area contributed by atoms with Crippen LogP contribution in [0.4, 0.5) is 10.2 Å². The van der Waals surface area contributed by atoms with Gasteiger partial charge in [0, 0.05) is 11.1 Å². The number of nitrogens with two attached hydrogens (primary N) is 1. The van der Waals surface area contributed by atoms with E-state index in [1.165, 1.54) is 12.1 Å². The van der Waals surface area contributed by atoms with Gasteiger partial charge in [-0.25, -0.2) is 9.37 Å². The molecule has 158 valence electrons. The lowest BCUT2D eigenvalue weighted by Gasteiger charge is -2.12. The Morgan fingerprint density at radius 1 is 0.906 bits per heavy atom. The van der Waals surface area contributed by atoms with Gasteiger partial charge in [-0.3, -0.25) is 0 Å². The first-order valence-electron chi connectivity index (χ1n) is 9.90. The van der Waals surface area contributed by atoms with E-state index in [-0.39, 0.29) is 11.6 Å². The van der Waals surface area contributed by atoms with E-state index >= 15 is 0 Å². The van der Waals surface area contributed by atoms with Crippen molar-refractivity contribution in [2.75, 3.05) is 12.8 Å². The molecule has 2 N–H and O–H groups in total. The first-order chi connectivity index (χ1) is 15.6. The summed E-state index contributed by atoms with van der Waals surface area (Å²) in [6.07, 6.45) is 0. The van der Waals surface area contributed by atoms with Crippen LogP contribution in [0.25, 0.3) is 22.4 Å². The van der Waals surface area contributed by atoms with Gasteiger partial charge in [-0.2, -0.15) is 5.26 Å². The number of nitrogens with zero attached hydrogens (tertiary/aromatic N) is 2. The summed E-state index contributed by atoms with van der Waals surface area (Å²) in [5, 5.41) is 9.60. The highest BCUT2D eigenvalue weighted by atomic mass is 19.1. The molecular weight excluding hydrogens is 405 g/mol. The average molecular weight is 425 g/mol. The van der Waals surface area contributed by atoms with Gasteiger partial charge >= 0.3 is 0 Å². The number of nitrogen functional groups attached to an aromatic ring is 1. The molecule has 0 atom stereocenters. The summed E-state index contributed by atoms with van der Waals surface area (Å²) < 4.78 is 24.0. The van der Waals surface area contributed by atoms with Crippen LogP contribution in [0.5, 0.6) is 11.5 Å². The minimum atomic E-state index is -0.277. The van der Waals surface area contributed by atoms with E-state index in [9.17, 15) is 9.65 Å². The summed E-state index contributed by atoms with van der Waals surface area (Å²) in [6, 6.07) is 25.1. The van der Waals surface area contributed by atoms with Crippen molar-refractivity contribution in [1.29, 1.82) is 5.26 Å². The van der Waals surface area contributed by atoms with E-state index < -0.39 is 0 Å². The molecule has 0 saturated carbocycles. The van der Waals surface area contributed by atoms with E-state index in [1.54, 1.807) is 19.2 Å².